The number of hydrogen-bond donors (Lipinski definition) is 1. The van der Waals surface area contributed by atoms with Crippen molar-refractivity contribution in [2.24, 2.45) is 4.99 Å². The van der Waals surface area contributed by atoms with Crippen molar-refractivity contribution in [3.05, 3.63) is 34.9 Å². The van der Waals surface area contributed by atoms with Crippen LogP contribution in [-0.2, 0) is 27.9 Å². The van der Waals surface area contributed by atoms with Crippen molar-refractivity contribution >= 4 is 35.8 Å². The van der Waals surface area contributed by atoms with Gasteiger partial charge in [-0.15, -0.1) is 24.0 Å². The van der Waals surface area contributed by atoms with Crippen LogP contribution in [0.2, 0.25) is 0 Å². The molecule has 0 fully saturated rings. The minimum Gasteiger partial charge on any atom is -0.383 e. The molecule has 0 saturated heterocycles. The molecule has 0 aromatic heterocycles. The largest absolute Gasteiger partial charge is 0.383 e. The third kappa shape index (κ3) is 6.92. The highest BCUT2D eigenvalue weighted by molar-refractivity contribution is 14.0. The van der Waals surface area contributed by atoms with Crippen LogP contribution in [-0.4, -0.2) is 69.1 Å². The summed E-state index contributed by atoms with van der Waals surface area (Å²) in [7, 11) is 5.18. The second-order valence-electron chi connectivity index (χ2n) is 8.25. The first-order valence-electron chi connectivity index (χ1n) is 9.57. The molecule has 2 rings (SSSR count). The number of carbonyl (C=O) groups excluding carboxylic acids is 1. The molecule has 1 aromatic carbocycles. The first-order chi connectivity index (χ1) is 12.7. The Bertz CT molecular complexity index is 683. The van der Waals surface area contributed by atoms with Crippen molar-refractivity contribution in [3.63, 3.8) is 0 Å². The smallest absolute Gasteiger partial charge is 0.243 e. The maximum absolute atomic E-state index is 12.0. The van der Waals surface area contributed by atoms with Crippen LogP contribution < -0.4 is 5.32 Å². The normalized spacial score (nSPS) is 14.2. The number of rotatable bonds is 5. The second kappa shape index (κ2) is 11.0. The van der Waals surface area contributed by atoms with Crippen LogP contribution in [0.15, 0.2) is 23.2 Å². The molecule has 1 aromatic rings. The van der Waals surface area contributed by atoms with Crippen LogP contribution in [0.4, 0.5) is 0 Å². The summed E-state index contributed by atoms with van der Waals surface area (Å²) in [6, 6.07) is 6.83. The molecule has 0 bridgehead atoms. The molecule has 0 radical (unpaired) electrons. The Morgan fingerprint density at radius 3 is 2.61 bits per heavy atom. The van der Waals surface area contributed by atoms with Crippen LogP contribution in [0.1, 0.15) is 37.5 Å². The Morgan fingerprint density at radius 2 is 2.00 bits per heavy atom. The van der Waals surface area contributed by atoms with Gasteiger partial charge in [-0.3, -0.25) is 4.79 Å². The zero-order chi connectivity index (χ0) is 20.0. The molecule has 0 atom stereocenters. The van der Waals surface area contributed by atoms with E-state index in [2.05, 4.69) is 54.2 Å². The third-order valence-corrected chi connectivity index (χ3v) is 4.84. The highest BCUT2D eigenvalue weighted by Crippen LogP contribution is 2.27. The number of halogens is 1. The molecule has 28 heavy (non-hydrogen) atoms. The number of likely N-dealkylation sites (N-methyl/N-ethyl adjacent to an activating group) is 1. The van der Waals surface area contributed by atoms with Gasteiger partial charge in [-0.05, 0) is 28.5 Å². The van der Waals surface area contributed by atoms with Crippen molar-refractivity contribution < 1.29 is 9.53 Å². The summed E-state index contributed by atoms with van der Waals surface area (Å²) in [6.07, 6.45) is 0.979. The van der Waals surface area contributed by atoms with E-state index in [1.54, 1.807) is 26.1 Å². The predicted molar refractivity (Wildman–Crippen MR) is 126 cm³/mol. The van der Waals surface area contributed by atoms with Gasteiger partial charge in [0.15, 0.2) is 5.96 Å². The molecule has 0 unspecified atom stereocenters. The molecule has 1 N–H and O–H groups in total. The van der Waals surface area contributed by atoms with Crippen molar-refractivity contribution in [3.8, 4) is 0 Å². The molecule has 7 heteroatoms. The van der Waals surface area contributed by atoms with E-state index in [-0.39, 0.29) is 41.8 Å². The Kier molecular flexibility index (Phi) is 9.69. The van der Waals surface area contributed by atoms with Crippen LogP contribution in [0.3, 0.4) is 0 Å². The van der Waals surface area contributed by atoms with Crippen LogP contribution in [0.25, 0.3) is 0 Å². The van der Waals surface area contributed by atoms with E-state index in [0.717, 1.165) is 25.5 Å². The zero-order valence-electron chi connectivity index (χ0n) is 18.0. The number of carbonyl (C=O) groups is 1. The SMILES string of the molecule is COCCNC(=NCC(=O)N(C)C)N1CCc2ccc(C(C)(C)C)cc2C1.I. The van der Waals surface area contributed by atoms with Crippen molar-refractivity contribution in [2.75, 3.05) is 47.4 Å². The average molecular weight is 502 g/mol. The van der Waals surface area contributed by atoms with Crippen LogP contribution in [0.5, 0.6) is 0 Å². The quantitative estimate of drug-likeness (QED) is 0.291. The number of nitrogens with one attached hydrogen (secondary N) is 1. The number of ether oxygens (including phenoxy) is 1. The van der Waals surface area contributed by atoms with Gasteiger partial charge >= 0.3 is 0 Å². The monoisotopic (exact) mass is 502 g/mol. The van der Waals surface area contributed by atoms with Gasteiger partial charge in [0, 0.05) is 40.8 Å². The van der Waals surface area contributed by atoms with Crippen molar-refractivity contribution in [1.82, 2.24) is 15.1 Å². The number of hydrogen-bond acceptors (Lipinski definition) is 3. The minimum atomic E-state index is -0.00605. The van der Waals surface area contributed by atoms with E-state index in [1.807, 2.05) is 0 Å². The Balaban J connectivity index is 0.00000392. The van der Waals surface area contributed by atoms with Gasteiger partial charge in [-0.1, -0.05) is 39.0 Å². The summed E-state index contributed by atoms with van der Waals surface area (Å²) in [5, 5.41) is 3.34. The van der Waals surface area contributed by atoms with Crippen molar-refractivity contribution in [2.45, 2.75) is 39.2 Å². The molecule has 158 valence electrons. The van der Waals surface area contributed by atoms with Crippen LogP contribution in [0, 0.1) is 0 Å². The van der Waals surface area contributed by atoms with E-state index >= 15 is 0 Å². The summed E-state index contributed by atoms with van der Waals surface area (Å²) in [5.74, 6) is 0.766. The summed E-state index contributed by atoms with van der Waals surface area (Å²) in [5.41, 5.74) is 4.22. The maximum Gasteiger partial charge on any atom is 0.243 e. The van der Waals surface area contributed by atoms with Gasteiger partial charge in [0.1, 0.15) is 6.54 Å². The average Bonchev–Trinajstić information content (AvgIpc) is 2.62. The van der Waals surface area contributed by atoms with E-state index in [1.165, 1.54) is 16.7 Å². The lowest BCUT2D eigenvalue weighted by molar-refractivity contribution is -0.127. The number of nitrogens with zero attached hydrogens (tertiary/aromatic N) is 3. The molecule has 1 heterocycles. The van der Waals surface area contributed by atoms with Gasteiger partial charge in [0.05, 0.1) is 6.61 Å². The topological polar surface area (TPSA) is 57.2 Å². The molecule has 0 spiro atoms. The highest BCUT2D eigenvalue weighted by atomic mass is 127. The van der Waals surface area contributed by atoms with Gasteiger partial charge in [-0.2, -0.15) is 0 Å². The molecule has 1 amide bonds. The number of amides is 1. The minimum absolute atomic E-state index is 0. The standard InChI is InChI=1S/C21H34N4O2.HI/c1-21(2,3)18-8-7-16-9-11-25(15-17(16)13-18)20(22-10-12-27-6)23-14-19(26)24(4)5;/h7-8,13H,9-12,14-15H2,1-6H3,(H,22,23);1H. The Morgan fingerprint density at radius 1 is 1.29 bits per heavy atom. The molecular formula is C21H35IN4O2. The molecule has 1 aliphatic rings. The summed E-state index contributed by atoms with van der Waals surface area (Å²) < 4.78 is 5.14. The number of guanidine groups is 1. The lowest BCUT2D eigenvalue weighted by Gasteiger charge is -2.33. The first-order valence-corrected chi connectivity index (χ1v) is 9.57. The Hall–Kier alpha value is -1.35. The molecule has 0 aliphatic carbocycles. The number of benzene rings is 1. The molecular weight excluding hydrogens is 467 g/mol. The fourth-order valence-electron chi connectivity index (χ4n) is 3.02. The number of fused-ring (bicyclic) bond motifs is 1. The van der Waals surface area contributed by atoms with Gasteiger partial charge in [-0.25, -0.2) is 4.99 Å². The lowest BCUT2D eigenvalue weighted by Crippen LogP contribution is -2.45. The summed E-state index contributed by atoms with van der Waals surface area (Å²) in [6.45, 7) is 9.80. The van der Waals surface area contributed by atoms with Gasteiger partial charge in [0.2, 0.25) is 5.91 Å². The van der Waals surface area contributed by atoms with Crippen LogP contribution >= 0.6 is 24.0 Å². The summed E-state index contributed by atoms with van der Waals surface area (Å²) in [4.78, 5) is 20.3. The molecule has 0 saturated carbocycles. The highest BCUT2D eigenvalue weighted by Gasteiger charge is 2.22. The van der Waals surface area contributed by atoms with Gasteiger partial charge in [0.25, 0.3) is 0 Å². The fourth-order valence-corrected chi connectivity index (χ4v) is 3.02. The van der Waals surface area contributed by atoms with Gasteiger partial charge < -0.3 is 19.9 Å². The Labute approximate surface area is 186 Å². The second-order valence-corrected chi connectivity index (χ2v) is 8.25. The van der Waals surface area contributed by atoms with E-state index < -0.39 is 0 Å². The zero-order valence-corrected chi connectivity index (χ0v) is 20.4. The maximum atomic E-state index is 12.0. The first kappa shape index (κ1) is 24.7. The van der Waals surface area contributed by atoms with Crippen molar-refractivity contribution in [1.29, 1.82) is 0 Å². The number of methoxy groups -OCH3 is 1. The van der Waals surface area contributed by atoms with E-state index in [4.69, 9.17) is 4.74 Å². The predicted octanol–water partition coefficient (Wildman–Crippen LogP) is 2.64. The fraction of sp³-hybridized carbons (Fsp3) is 0.619. The molecule has 6 nitrogen and oxygen atoms in total. The molecule has 1 aliphatic heterocycles. The van der Waals surface area contributed by atoms with E-state index in [0.29, 0.717) is 13.2 Å². The summed E-state index contributed by atoms with van der Waals surface area (Å²) >= 11 is 0. The van der Waals surface area contributed by atoms with E-state index in [9.17, 15) is 4.79 Å². The number of aliphatic imine (C=N–C) groups is 1. The third-order valence-electron chi connectivity index (χ3n) is 4.84. The lowest BCUT2D eigenvalue weighted by atomic mass is 9.84.